The molecule has 20 heavy (non-hydrogen) atoms. The SMILES string of the molecule is CC(C)c1noc(CCCNC(=O)[C@H]2C[C@@H]2C(=O)O)n1. The summed E-state index contributed by atoms with van der Waals surface area (Å²) < 4.78 is 5.09. The molecule has 2 N–H and O–H groups in total. The van der Waals surface area contributed by atoms with Gasteiger partial charge in [0.15, 0.2) is 5.82 Å². The van der Waals surface area contributed by atoms with Gasteiger partial charge in [-0.05, 0) is 12.8 Å². The van der Waals surface area contributed by atoms with Gasteiger partial charge in [-0.1, -0.05) is 19.0 Å². The van der Waals surface area contributed by atoms with E-state index in [1.165, 1.54) is 0 Å². The highest BCUT2D eigenvalue weighted by Crippen LogP contribution is 2.38. The molecule has 1 aromatic heterocycles. The van der Waals surface area contributed by atoms with E-state index in [-0.39, 0.29) is 17.7 Å². The van der Waals surface area contributed by atoms with Crippen molar-refractivity contribution in [3.05, 3.63) is 11.7 Å². The van der Waals surface area contributed by atoms with Gasteiger partial charge in [0.2, 0.25) is 11.8 Å². The first-order chi connectivity index (χ1) is 9.49. The van der Waals surface area contributed by atoms with Crippen LogP contribution in [0.25, 0.3) is 0 Å². The predicted octanol–water partition coefficient (Wildman–Crippen LogP) is 0.963. The Morgan fingerprint density at radius 3 is 2.75 bits per heavy atom. The third kappa shape index (κ3) is 3.55. The van der Waals surface area contributed by atoms with Crippen molar-refractivity contribution in [2.45, 2.75) is 39.0 Å². The van der Waals surface area contributed by atoms with Crippen LogP contribution in [0.1, 0.15) is 44.3 Å². The average molecular weight is 281 g/mol. The van der Waals surface area contributed by atoms with E-state index in [1.54, 1.807) is 0 Å². The minimum atomic E-state index is -0.891. The first-order valence-corrected chi connectivity index (χ1v) is 6.82. The number of carboxylic acids is 1. The number of amides is 1. The molecule has 7 heteroatoms. The molecule has 110 valence electrons. The largest absolute Gasteiger partial charge is 0.481 e. The van der Waals surface area contributed by atoms with E-state index in [9.17, 15) is 9.59 Å². The minimum absolute atomic E-state index is 0.175. The maximum atomic E-state index is 11.6. The van der Waals surface area contributed by atoms with Gasteiger partial charge in [-0.25, -0.2) is 0 Å². The molecule has 0 spiro atoms. The Morgan fingerprint density at radius 2 is 2.20 bits per heavy atom. The minimum Gasteiger partial charge on any atom is -0.481 e. The predicted molar refractivity (Wildman–Crippen MR) is 69.0 cm³/mol. The van der Waals surface area contributed by atoms with Gasteiger partial charge in [-0.2, -0.15) is 4.98 Å². The Balaban J connectivity index is 1.64. The van der Waals surface area contributed by atoms with Gasteiger partial charge < -0.3 is 14.9 Å². The fourth-order valence-corrected chi connectivity index (χ4v) is 1.94. The molecule has 2 rings (SSSR count). The Hall–Kier alpha value is -1.92. The molecular weight excluding hydrogens is 262 g/mol. The molecule has 0 saturated heterocycles. The number of rotatable bonds is 7. The number of carbonyl (C=O) groups excluding carboxylic acids is 1. The summed E-state index contributed by atoms with van der Waals surface area (Å²) in [6, 6.07) is 0. The number of nitrogens with one attached hydrogen (secondary N) is 1. The molecular formula is C13H19N3O4. The Bertz CT molecular complexity index is 498. The molecule has 0 bridgehead atoms. The molecule has 7 nitrogen and oxygen atoms in total. The van der Waals surface area contributed by atoms with Crippen LogP contribution in [0.2, 0.25) is 0 Å². The van der Waals surface area contributed by atoms with Crippen LogP contribution in [0.5, 0.6) is 0 Å². The highest BCUT2D eigenvalue weighted by Gasteiger charge is 2.48. The molecule has 0 unspecified atom stereocenters. The van der Waals surface area contributed by atoms with E-state index in [1.807, 2.05) is 13.8 Å². The standard InChI is InChI=1S/C13H19N3O4/c1-7(2)11-15-10(20-16-11)4-3-5-14-12(17)8-6-9(8)13(18)19/h7-9H,3-6H2,1-2H3,(H,14,17)(H,18,19)/t8-,9-/m0/s1. The Labute approximate surface area is 116 Å². The molecule has 1 aliphatic rings. The van der Waals surface area contributed by atoms with Crippen molar-refractivity contribution in [3.8, 4) is 0 Å². The van der Waals surface area contributed by atoms with E-state index in [0.29, 0.717) is 37.5 Å². The molecule has 2 atom stereocenters. The number of aryl methyl sites for hydroxylation is 1. The highest BCUT2D eigenvalue weighted by atomic mass is 16.5. The fourth-order valence-electron chi connectivity index (χ4n) is 1.94. The van der Waals surface area contributed by atoms with Gasteiger partial charge in [0.25, 0.3) is 0 Å². The second-order valence-corrected chi connectivity index (χ2v) is 5.38. The number of aliphatic carboxylic acids is 1. The van der Waals surface area contributed by atoms with Crippen molar-refractivity contribution >= 4 is 11.9 Å². The summed E-state index contributed by atoms with van der Waals surface area (Å²) in [5, 5.41) is 15.3. The summed E-state index contributed by atoms with van der Waals surface area (Å²) in [5.41, 5.74) is 0. The monoisotopic (exact) mass is 281 g/mol. The van der Waals surface area contributed by atoms with Crippen LogP contribution >= 0.6 is 0 Å². The van der Waals surface area contributed by atoms with Crippen LogP contribution in [0.3, 0.4) is 0 Å². The van der Waals surface area contributed by atoms with Crippen LogP contribution in [-0.2, 0) is 16.0 Å². The summed E-state index contributed by atoms with van der Waals surface area (Å²) in [4.78, 5) is 26.5. The maximum absolute atomic E-state index is 11.6. The maximum Gasteiger partial charge on any atom is 0.307 e. The first kappa shape index (κ1) is 14.5. The van der Waals surface area contributed by atoms with Gasteiger partial charge in [0, 0.05) is 18.9 Å². The van der Waals surface area contributed by atoms with Crippen LogP contribution < -0.4 is 5.32 Å². The third-order valence-corrected chi connectivity index (χ3v) is 3.31. The summed E-state index contributed by atoms with van der Waals surface area (Å²) in [5.74, 6) is -0.440. The lowest BCUT2D eigenvalue weighted by Gasteiger charge is -2.02. The summed E-state index contributed by atoms with van der Waals surface area (Å²) >= 11 is 0. The zero-order valence-corrected chi connectivity index (χ0v) is 11.6. The lowest BCUT2D eigenvalue weighted by molar-refractivity contribution is -0.140. The van der Waals surface area contributed by atoms with Crippen LogP contribution in [0.15, 0.2) is 4.52 Å². The van der Waals surface area contributed by atoms with Crippen molar-refractivity contribution < 1.29 is 19.2 Å². The number of hydrogen-bond donors (Lipinski definition) is 2. The second-order valence-electron chi connectivity index (χ2n) is 5.38. The normalized spacial score (nSPS) is 20.9. The zero-order chi connectivity index (χ0) is 14.7. The van der Waals surface area contributed by atoms with Gasteiger partial charge in [0.05, 0.1) is 11.8 Å². The Morgan fingerprint density at radius 1 is 1.45 bits per heavy atom. The molecule has 1 amide bonds. The summed E-state index contributed by atoms with van der Waals surface area (Å²) in [7, 11) is 0. The number of carboxylic acid groups (broad SMARTS) is 1. The number of hydrogen-bond acceptors (Lipinski definition) is 5. The molecule has 1 aliphatic carbocycles. The Kier molecular flexibility index (Phi) is 4.36. The molecule has 1 heterocycles. The van der Waals surface area contributed by atoms with Crippen molar-refractivity contribution in [1.29, 1.82) is 0 Å². The van der Waals surface area contributed by atoms with Crippen LogP contribution in [0, 0.1) is 11.8 Å². The van der Waals surface area contributed by atoms with Crippen molar-refractivity contribution in [1.82, 2.24) is 15.5 Å². The number of carbonyl (C=O) groups is 2. The first-order valence-electron chi connectivity index (χ1n) is 6.82. The van der Waals surface area contributed by atoms with Crippen LogP contribution in [-0.4, -0.2) is 33.7 Å². The van der Waals surface area contributed by atoms with Crippen LogP contribution in [0.4, 0.5) is 0 Å². The van der Waals surface area contributed by atoms with Crippen molar-refractivity contribution in [2.24, 2.45) is 11.8 Å². The highest BCUT2D eigenvalue weighted by molar-refractivity contribution is 5.89. The fraction of sp³-hybridized carbons (Fsp3) is 0.692. The topological polar surface area (TPSA) is 105 Å². The summed E-state index contributed by atoms with van der Waals surface area (Å²) in [6.07, 6.45) is 1.74. The quantitative estimate of drug-likeness (QED) is 0.721. The second kappa shape index (κ2) is 6.02. The lowest BCUT2D eigenvalue weighted by atomic mass is 10.2. The van der Waals surface area contributed by atoms with Gasteiger partial charge in [0.1, 0.15) is 0 Å². The molecule has 0 aromatic carbocycles. The molecule has 0 aliphatic heterocycles. The third-order valence-electron chi connectivity index (χ3n) is 3.31. The van der Waals surface area contributed by atoms with Crippen molar-refractivity contribution in [2.75, 3.05) is 6.54 Å². The molecule has 1 fully saturated rings. The van der Waals surface area contributed by atoms with Crippen molar-refractivity contribution in [3.63, 3.8) is 0 Å². The molecule has 0 radical (unpaired) electrons. The van der Waals surface area contributed by atoms with E-state index in [0.717, 1.165) is 0 Å². The summed E-state index contributed by atoms with van der Waals surface area (Å²) in [6.45, 7) is 4.47. The zero-order valence-electron chi connectivity index (χ0n) is 11.6. The molecule has 1 aromatic rings. The molecule has 1 saturated carbocycles. The van der Waals surface area contributed by atoms with E-state index < -0.39 is 11.9 Å². The van der Waals surface area contributed by atoms with Gasteiger partial charge in [-0.3, -0.25) is 9.59 Å². The van der Waals surface area contributed by atoms with Gasteiger partial charge >= 0.3 is 5.97 Å². The van der Waals surface area contributed by atoms with E-state index in [4.69, 9.17) is 9.63 Å². The van der Waals surface area contributed by atoms with Gasteiger partial charge in [-0.15, -0.1) is 0 Å². The average Bonchev–Trinajstić information content (AvgIpc) is 3.06. The van der Waals surface area contributed by atoms with E-state index >= 15 is 0 Å². The number of nitrogens with zero attached hydrogens (tertiary/aromatic N) is 2. The smallest absolute Gasteiger partial charge is 0.307 e. The van der Waals surface area contributed by atoms with E-state index in [2.05, 4.69) is 15.5 Å². The number of aromatic nitrogens is 2. The lowest BCUT2D eigenvalue weighted by Crippen LogP contribution is -2.27.